The van der Waals surface area contributed by atoms with Crippen molar-refractivity contribution in [2.75, 3.05) is 19.3 Å². The first-order valence-electron chi connectivity index (χ1n) is 8.50. The average Bonchev–Trinajstić information content (AvgIpc) is 2.98. The molecule has 1 aliphatic rings. The topological polar surface area (TPSA) is 85.0 Å². The highest BCUT2D eigenvalue weighted by Gasteiger charge is 2.18. The van der Waals surface area contributed by atoms with Crippen LogP contribution in [-0.2, 0) is 4.79 Å². The van der Waals surface area contributed by atoms with E-state index in [0.29, 0.717) is 29.2 Å². The van der Waals surface area contributed by atoms with Gasteiger partial charge in [0, 0.05) is 24.7 Å². The van der Waals surface area contributed by atoms with E-state index in [4.69, 9.17) is 5.73 Å². The molecule has 1 aromatic carbocycles. The molecule has 0 spiro atoms. The van der Waals surface area contributed by atoms with Gasteiger partial charge in [-0.05, 0) is 30.3 Å². The molecule has 3 heterocycles. The van der Waals surface area contributed by atoms with E-state index >= 15 is 0 Å². The normalized spacial score (nSPS) is 13.4. The minimum atomic E-state index is -0.0411. The molecular weight excluding hydrogens is 337 g/mol. The maximum Gasteiger partial charge on any atom is 0.262 e. The van der Waals surface area contributed by atoms with Crippen molar-refractivity contribution in [3.05, 3.63) is 53.6 Å². The minimum Gasteiger partial charge on any atom is -0.382 e. The number of nitrogen functional groups attached to an aromatic ring is 1. The van der Waals surface area contributed by atoms with Crippen LogP contribution in [0.5, 0.6) is 0 Å². The van der Waals surface area contributed by atoms with Gasteiger partial charge in [0.1, 0.15) is 5.52 Å². The van der Waals surface area contributed by atoms with Gasteiger partial charge in [-0.1, -0.05) is 24.0 Å². The molecule has 4 rings (SSSR count). The van der Waals surface area contributed by atoms with Gasteiger partial charge in [-0.25, -0.2) is 15.0 Å². The Kier molecular flexibility index (Phi) is 4.09. The fourth-order valence-electron chi connectivity index (χ4n) is 2.92. The predicted molar refractivity (Wildman–Crippen MR) is 108 cm³/mol. The molecule has 0 unspecified atom stereocenters. The number of nitrogens with zero attached hydrogens (tertiary/aromatic N) is 4. The van der Waals surface area contributed by atoms with Gasteiger partial charge >= 0.3 is 0 Å². The molecule has 0 saturated heterocycles. The number of hydrogen-bond donors (Lipinski definition) is 1. The maximum absolute atomic E-state index is 11.9. The van der Waals surface area contributed by atoms with Gasteiger partial charge in [-0.3, -0.25) is 4.79 Å². The summed E-state index contributed by atoms with van der Waals surface area (Å²) in [6, 6.07) is 11.5. The van der Waals surface area contributed by atoms with Crippen molar-refractivity contribution in [3.63, 3.8) is 0 Å². The minimum absolute atomic E-state index is 0.0411. The third-order valence-electron chi connectivity index (χ3n) is 4.33. The van der Waals surface area contributed by atoms with Crippen molar-refractivity contribution in [3.8, 4) is 23.1 Å². The molecule has 2 aromatic heterocycles. The lowest BCUT2D eigenvalue weighted by atomic mass is 10.1. The lowest BCUT2D eigenvalue weighted by molar-refractivity contribution is -0.123. The molecule has 1 amide bonds. The van der Waals surface area contributed by atoms with E-state index in [2.05, 4.69) is 26.8 Å². The lowest BCUT2D eigenvalue weighted by Gasteiger charge is -2.06. The first-order chi connectivity index (χ1) is 13.0. The highest BCUT2D eigenvalue weighted by atomic mass is 16.2. The fourth-order valence-corrected chi connectivity index (χ4v) is 2.92. The summed E-state index contributed by atoms with van der Waals surface area (Å²) in [5.41, 5.74) is 10.9. The van der Waals surface area contributed by atoms with Gasteiger partial charge in [0.2, 0.25) is 0 Å². The summed E-state index contributed by atoms with van der Waals surface area (Å²) in [5, 5.41) is 0. The predicted octanol–water partition coefficient (Wildman–Crippen LogP) is 0.282. The molecule has 0 atom stereocenters. The van der Waals surface area contributed by atoms with Crippen molar-refractivity contribution < 1.29 is 4.79 Å². The number of likely N-dealkylation sites (N-methyl/N-ethyl adjacent to an activating group) is 1. The standard InChI is InChI=1S/C20H16BN5O/c1-26-10-9-13(19(26)27)6-5-12-3-2-4-14(11-12)15-7-8-16-17(23-15)18(22)25-20(21)24-16/h2-4,7-9,11H,10,21H2,1H3,(H2,22,24,25). The van der Waals surface area contributed by atoms with Crippen molar-refractivity contribution >= 4 is 36.3 Å². The van der Waals surface area contributed by atoms with Crippen LogP contribution in [-0.4, -0.2) is 47.2 Å². The number of hydrogen-bond acceptors (Lipinski definition) is 5. The Morgan fingerprint density at radius 2 is 2.00 bits per heavy atom. The molecule has 0 bridgehead atoms. The van der Waals surface area contributed by atoms with E-state index < -0.39 is 0 Å². The Balaban J connectivity index is 1.69. The van der Waals surface area contributed by atoms with E-state index in [1.165, 1.54) is 0 Å². The Bertz CT molecular complexity index is 1180. The summed E-state index contributed by atoms with van der Waals surface area (Å²) in [7, 11) is 3.56. The Morgan fingerprint density at radius 3 is 2.78 bits per heavy atom. The molecule has 1 aliphatic heterocycles. The van der Waals surface area contributed by atoms with Gasteiger partial charge in [0.25, 0.3) is 5.91 Å². The number of anilines is 1. The van der Waals surface area contributed by atoms with E-state index in [1.807, 2.05) is 42.5 Å². The van der Waals surface area contributed by atoms with Gasteiger partial charge in [-0.2, -0.15) is 0 Å². The third kappa shape index (κ3) is 3.25. The quantitative estimate of drug-likeness (QED) is 0.502. The molecule has 0 saturated carbocycles. The van der Waals surface area contributed by atoms with Crippen LogP contribution >= 0.6 is 0 Å². The largest absolute Gasteiger partial charge is 0.382 e. The van der Waals surface area contributed by atoms with E-state index in [-0.39, 0.29) is 5.91 Å². The Labute approximate surface area is 157 Å². The molecule has 6 nitrogen and oxygen atoms in total. The maximum atomic E-state index is 11.9. The summed E-state index contributed by atoms with van der Waals surface area (Å²) in [5.74, 6) is 6.35. The van der Waals surface area contributed by atoms with Gasteiger partial charge in [0.15, 0.2) is 13.7 Å². The molecular formula is C20H16BN5O. The monoisotopic (exact) mass is 353 g/mol. The van der Waals surface area contributed by atoms with Crippen LogP contribution in [0.1, 0.15) is 5.56 Å². The SMILES string of the molecule is Bc1nc(N)c2nc(-c3cccc(C#CC4=CCN(C)C4=O)c3)ccc2n1. The summed E-state index contributed by atoms with van der Waals surface area (Å²) < 4.78 is 0. The van der Waals surface area contributed by atoms with Crippen LogP contribution < -0.4 is 11.5 Å². The van der Waals surface area contributed by atoms with E-state index in [0.717, 1.165) is 22.3 Å². The highest BCUT2D eigenvalue weighted by Crippen LogP contribution is 2.22. The number of rotatable bonds is 1. The van der Waals surface area contributed by atoms with E-state index in [9.17, 15) is 4.79 Å². The molecule has 7 heteroatoms. The van der Waals surface area contributed by atoms with Crippen LogP contribution in [0.3, 0.4) is 0 Å². The molecule has 130 valence electrons. The average molecular weight is 353 g/mol. The van der Waals surface area contributed by atoms with Crippen LogP contribution in [0.25, 0.3) is 22.3 Å². The molecule has 0 aliphatic carbocycles. The Hall–Kier alpha value is -3.66. The third-order valence-corrected chi connectivity index (χ3v) is 4.33. The fraction of sp³-hybridized carbons (Fsp3) is 0.100. The number of aromatic nitrogens is 3. The number of nitrogens with two attached hydrogens (primary N) is 1. The number of pyridine rings is 1. The second kappa shape index (κ2) is 6.58. The zero-order chi connectivity index (χ0) is 19.0. The van der Waals surface area contributed by atoms with Crippen LogP contribution in [0.4, 0.5) is 5.82 Å². The second-order valence-electron chi connectivity index (χ2n) is 6.35. The number of amides is 1. The van der Waals surface area contributed by atoms with E-state index in [1.54, 1.807) is 19.8 Å². The van der Waals surface area contributed by atoms with Gasteiger partial charge in [0.05, 0.1) is 22.5 Å². The molecule has 0 radical (unpaired) electrons. The van der Waals surface area contributed by atoms with Gasteiger partial charge in [-0.15, -0.1) is 0 Å². The molecule has 3 aromatic rings. The first kappa shape index (κ1) is 16.8. The number of benzene rings is 1. The summed E-state index contributed by atoms with van der Waals surface area (Å²) in [4.78, 5) is 26.7. The summed E-state index contributed by atoms with van der Waals surface area (Å²) in [6.07, 6.45) is 1.84. The zero-order valence-corrected chi connectivity index (χ0v) is 15.0. The smallest absolute Gasteiger partial charge is 0.262 e. The van der Waals surface area contributed by atoms with Crippen LogP contribution in [0.2, 0.25) is 0 Å². The number of carbonyl (C=O) groups is 1. The summed E-state index contributed by atoms with van der Waals surface area (Å²) in [6.45, 7) is 0.604. The zero-order valence-electron chi connectivity index (χ0n) is 15.0. The second-order valence-corrected chi connectivity index (χ2v) is 6.35. The van der Waals surface area contributed by atoms with Crippen LogP contribution in [0, 0.1) is 11.8 Å². The van der Waals surface area contributed by atoms with Crippen molar-refractivity contribution in [1.82, 2.24) is 19.9 Å². The van der Waals surface area contributed by atoms with Crippen molar-refractivity contribution in [1.29, 1.82) is 0 Å². The highest BCUT2D eigenvalue weighted by molar-refractivity contribution is 6.29. The summed E-state index contributed by atoms with van der Waals surface area (Å²) >= 11 is 0. The van der Waals surface area contributed by atoms with Gasteiger partial charge < -0.3 is 10.6 Å². The number of carbonyl (C=O) groups excluding carboxylic acids is 1. The molecule has 0 fully saturated rings. The first-order valence-corrected chi connectivity index (χ1v) is 8.50. The number of fused-ring (bicyclic) bond motifs is 1. The Morgan fingerprint density at radius 1 is 1.15 bits per heavy atom. The van der Waals surface area contributed by atoms with Crippen molar-refractivity contribution in [2.45, 2.75) is 0 Å². The molecule has 27 heavy (non-hydrogen) atoms. The van der Waals surface area contributed by atoms with Crippen LogP contribution in [0.15, 0.2) is 48.0 Å². The molecule has 2 N–H and O–H groups in total. The van der Waals surface area contributed by atoms with Crippen molar-refractivity contribution in [2.24, 2.45) is 0 Å². The lowest BCUT2D eigenvalue weighted by Crippen LogP contribution is -2.21.